The summed E-state index contributed by atoms with van der Waals surface area (Å²) < 4.78 is 61.2. The average molecular weight is 888 g/mol. The lowest BCUT2D eigenvalue weighted by Crippen LogP contribution is -2.55. The second-order valence-electron chi connectivity index (χ2n) is 16.9. The molecule has 6 aromatic carbocycles. The van der Waals surface area contributed by atoms with Crippen LogP contribution in [0.4, 0.5) is 4.79 Å². The Balaban J connectivity index is 1.18. The zero-order valence-corrected chi connectivity index (χ0v) is 38.7. The van der Waals surface area contributed by atoms with Gasteiger partial charge in [-0.05, 0) is 56.7 Å². The first kappa shape index (κ1) is 46.8. The Morgan fingerprint density at radius 3 is 1.58 bits per heavy atom. The van der Waals surface area contributed by atoms with Gasteiger partial charge in [0.15, 0.2) is 0 Å². The molecule has 1 fully saturated rings. The van der Waals surface area contributed by atoms with E-state index in [0.717, 1.165) is 55.3 Å². The van der Waals surface area contributed by atoms with Crippen LogP contribution >= 0.6 is 0 Å². The number of carbonyl (C=O) groups excluding carboxylic acids is 1. The highest BCUT2D eigenvalue weighted by molar-refractivity contribution is 5.95. The number of nitrogens with zero attached hydrogens (tertiary/aromatic N) is 1. The molecule has 0 aromatic heterocycles. The van der Waals surface area contributed by atoms with Gasteiger partial charge in [0.1, 0.15) is 40.1 Å². The van der Waals surface area contributed by atoms with Crippen LogP contribution in [-0.4, -0.2) is 90.7 Å². The van der Waals surface area contributed by atoms with Crippen molar-refractivity contribution in [1.82, 2.24) is 4.90 Å². The summed E-state index contributed by atoms with van der Waals surface area (Å²) in [4.78, 5) is 15.6. The standard InChI is InChI=1S/C53H61NO11/c1-53(2,3)65-52(55)54-30-47(63-33-37-28-45(57-5)40-17-10-12-19-42(40)50(37)59-7)49(48(31-54)64-34-38-29-46(58-6)41-18-11-13-20-43(41)51(38)60-8)35-22-24-39(25-23-35)62-27-15-26-61-32-36-16-9-14-21-44(36)56-4/h9-14,16-25,28-29,47-49H,15,26-27,30-34H2,1-8H3/t47-,48+,49-. The molecule has 0 radical (unpaired) electrons. The van der Waals surface area contributed by atoms with Crippen LogP contribution in [0.1, 0.15) is 55.4 Å². The number of fused-ring (bicyclic) bond motifs is 2. The first-order chi connectivity index (χ1) is 31.5. The van der Waals surface area contributed by atoms with Crippen LogP contribution in [0.5, 0.6) is 34.5 Å². The Morgan fingerprint density at radius 2 is 1.08 bits per heavy atom. The molecule has 1 amide bonds. The second kappa shape index (κ2) is 21.6. The molecule has 0 saturated carbocycles. The smallest absolute Gasteiger partial charge is 0.410 e. The average Bonchev–Trinajstić information content (AvgIpc) is 3.32. The van der Waals surface area contributed by atoms with E-state index < -0.39 is 23.9 Å². The van der Waals surface area contributed by atoms with E-state index in [1.807, 2.05) is 130 Å². The minimum absolute atomic E-state index is 0.163. The molecule has 12 nitrogen and oxygen atoms in total. The maximum Gasteiger partial charge on any atom is 0.410 e. The molecule has 0 N–H and O–H groups in total. The van der Waals surface area contributed by atoms with Gasteiger partial charge in [-0.1, -0.05) is 78.9 Å². The molecule has 12 heteroatoms. The van der Waals surface area contributed by atoms with Crippen LogP contribution < -0.4 is 28.4 Å². The molecule has 6 aromatic rings. The molecule has 3 atom stereocenters. The minimum Gasteiger partial charge on any atom is -0.496 e. The van der Waals surface area contributed by atoms with Crippen molar-refractivity contribution >= 4 is 27.6 Å². The third-order valence-corrected chi connectivity index (χ3v) is 11.5. The molecule has 7 rings (SSSR count). The summed E-state index contributed by atoms with van der Waals surface area (Å²) in [6, 6.07) is 35.7. The second-order valence-corrected chi connectivity index (χ2v) is 16.9. The first-order valence-corrected chi connectivity index (χ1v) is 21.9. The van der Waals surface area contributed by atoms with Gasteiger partial charge in [-0.25, -0.2) is 4.79 Å². The van der Waals surface area contributed by atoms with Crippen molar-refractivity contribution in [1.29, 1.82) is 0 Å². The zero-order valence-electron chi connectivity index (χ0n) is 38.7. The van der Waals surface area contributed by atoms with Gasteiger partial charge < -0.3 is 52.3 Å². The van der Waals surface area contributed by atoms with Crippen molar-refractivity contribution < 1.29 is 52.2 Å². The molecule has 1 aliphatic heterocycles. The summed E-state index contributed by atoms with van der Waals surface area (Å²) in [5.74, 6) is 3.98. The third kappa shape index (κ3) is 11.2. The lowest BCUT2D eigenvalue weighted by molar-refractivity contribution is -0.100. The lowest BCUT2D eigenvalue weighted by atomic mass is 9.84. The Kier molecular flexibility index (Phi) is 15.6. The number of methoxy groups -OCH3 is 5. The number of carbonyl (C=O) groups is 1. The molecular formula is C53H61NO11. The van der Waals surface area contributed by atoms with Crippen molar-refractivity contribution in [3.05, 3.63) is 131 Å². The van der Waals surface area contributed by atoms with Gasteiger partial charge in [-0.2, -0.15) is 0 Å². The summed E-state index contributed by atoms with van der Waals surface area (Å²) in [7, 11) is 8.28. The van der Waals surface area contributed by atoms with Gasteiger partial charge in [0.05, 0.1) is 93.9 Å². The fourth-order valence-corrected chi connectivity index (χ4v) is 8.50. The number of likely N-dealkylation sites (tertiary alicyclic amines) is 1. The molecule has 0 aliphatic carbocycles. The summed E-state index contributed by atoms with van der Waals surface area (Å²) >= 11 is 0. The SMILES string of the molecule is COc1ccccc1COCCCOc1ccc([C@H]2[C@@H](OCc3cc(OC)c4ccccc4c3OC)CN(C(=O)OC(C)(C)C)C[C@H]2OCc2cc(OC)c3ccccc3c2OC)cc1. The van der Waals surface area contributed by atoms with Crippen molar-refractivity contribution in [2.45, 2.75) is 70.7 Å². The Bertz CT molecular complexity index is 2410. The number of hydrogen-bond donors (Lipinski definition) is 0. The number of hydrogen-bond acceptors (Lipinski definition) is 11. The van der Waals surface area contributed by atoms with Gasteiger partial charge in [0.2, 0.25) is 0 Å². The fraction of sp³-hybridized carbons (Fsp3) is 0.377. The predicted molar refractivity (Wildman–Crippen MR) is 251 cm³/mol. The molecule has 344 valence electrons. The maximum atomic E-state index is 14.0. The molecular weight excluding hydrogens is 827 g/mol. The van der Waals surface area contributed by atoms with Crippen LogP contribution in [-0.2, 0) is 38.8 Å². The molecule has 1 heterocycles. The van der Waals surface area contributed by atoms with Gasteiger partial charge in [0.25, 0.3) is 0 Å². The van der Waals surface area contributed by atoms with Crippen molar-refractivity contribution in [2.75, 3.05) is 61.9 Å². The third-order valence-electron chi connectivity index (χ3n) is 11.5. The zero-order chi connectivity index (χ0) is 45.9. The summed E-state index contributed by atoms with van der Waals surface area (Å²) in [5, 5.41) is 3.67. The van der Waals surface area contributed by atoms with Crippen molar-refractivity contribution in [2.24, 2.45) is 0 Å². The van der Waals surface area contributed by atoms with Gasteiger partial charge >= 0.3 is 6.09 Å². The molecule has 65 heavy (non-hydrogen) atoms. The predicted octanol–water partition coefficient (Wildman–Crippen LogP) is 10.5. The monoisotopic (exact) mass is 887 g/mol. The van der Waals surface area contributed by atoms with Gasteiger partial charge in [-0.3, -0.25) is 0 Å². The van der Waals surface area contributed by atoms with E-state index in [2.05, 4.69) is 0 Å². The summed E-state index contributed by atoms with van der Waals surface area (Å²) in [6.07, 6.45) is -0.853. The van der Waals surface area contributed by atoms with Crippen LogP contribution in [0.25, 0.3) is 21.5 Å². The highest BCUT2D eigenvalue weighted by Crippen LogP contribution is 2.41. The van der Waals surface area contributed by atoms with E-state index in [1.165, 1.54) is 0 Å². The molecule has 0 spiro atoms. The number of rotatable bonds is 19. The summed E-state index contributed by atoms with van der Waals surface area (Å²) in [5.41, 5.74) is 2.85. The van der Waals surface area contributed by atoms with Gasteiger partial charge in [0, 0.05) is 50.6 Å². The van der Waals surface area contributed by atoms with E-state index in [-0.39, 0.29) is 32.2 Å². The largest absolute Gasteiger partial charge is 0.496 e. The maximum absolute atomic E-state index is 14.0. The number of piperidine rings is 1. The van der Waals surface area contributed by atoms with Crippen LogP contribution in [0.15, 0.2) is 109 Å². The molecule has 1 saturated heterocycles. The Morgan fingerprint density at radius 1 is 0.569 bits per heavy atom. The fourth-order valence-electron chi connectivity index (χ4n) is 8.50. The van der Waals surface area contributed by atoms with E-state index in [0.29, 0.717) is 49.2 Å². The molecule has 0 unspecified atom stereocenters. The topological polar surface area (TPSA) is 113 Å². The highest BCUT2D eigenvalue weighted by Gasteiger charge is 2.42. The number of para-hydroxylation sites is 1. The summed E-state index contributed by atoms with van der Waals surface area (Å²) in [6.45, 7) is 7.86. The number of ether oxygens (including phenoxy) is 10. The number of amides is 1. The highest BCUT2D eigenvalue weighted by atomic mass is 16.6. The normalized spacial score (nSPS) is 16.3. The molecule has 1 aliphatic rings. The quantitative estimate of drug-likeness (QED) is 0.0725. The minimum atomic E-state index is -0.720. The van der Waals surface area contributed by atoms with Crippen LogP contribution in [0.2, 0.25) is 0 Å². The molecule has 0 bridgehead atoms. The van der Waals surface area contributed by atoms with Crippen LogP contribution in [0, 0.1) is 0 Å². The van der Waals surface area contributed by atoms with E-state index in [4.69, 9.17) is 47.4 Å². The van der Waals surface area contributed by atoms with Crippen molar-refractivity contribution in [3.63, 3.8) is 0 Å². The van der Waals surface area contributed by atoms with Crippen LogP contribution in [0.3, 0.4) is 0 Å². The Hall–Kier alpha value is -6.21. The number of benzene rings is 6. The van der Waals surface area contributed by atoms with E-state index >= 15 is 0 Å². The van der Waals surface area contributed by atoms with E-state index in [1.54, 1.807) is 40.4 Å². The first-order valence-electron chi connectivity index (χ1n) is 21.9. The van der Waals surface area contributed by atoms with E-state index in [9.17, 15) is 4.79 Å². The lowest BCUT2D eigenvalue weighted by Gasteiger charge is -2.44. The Labute approximate surface area is 382 Å². The van der Waals surface area contributed by atoms with Crippen molar-refractivity contribution in [3.8, 4) is 34.5 Å². The van der Waals surface area contributed by atoms with Gasteiger partial charge in [-0.15, -0.1) is 0 Å².